The SMILES string of the molecule is CC/N=C(/Nc1ccccc1N1CCOCC1)SC.I. The molecule has 112 valence electrons. The highest BCUT2D eigenvalue weighted by Crippen LogP contribution is 2.27. The zero-order valence-corrected chi connectivity index (χ0v) is 15.1. The van der Waals surface area contributed by atoms with Crippen molar-refractivity contribution in [3.63, 3.8) is 0 Å². The lowest BCUT2D eigenvalue weighted by Crippen LogP contribution is -2.36. The van der Waals surface area contributed by atoms with E-state index in [-0.39, 0.29) is 24.0 Å². The molecule has 0 aliphatic carbocycles. The van der Waals surface area contributed by atoms with E-state index in [4.69, 9.17) is 4.74 Å². The van der Waals surface area contributed by atoms with E-state index < -0.39 is 0 Å². The van der Waals surface area contributed by atoms with Crippen LogP contribution in [-0.2, 0) is 4.74 Å². The number of thioether (sulfide) groups is 1. The molecule has 0 aromatic heterocycles. The fraction of sp³-hybridized carbons (Fsp3) is 0.500. The van der Waals surface area contributed by atoms with Crippen LogP contribution in [0.1, 0.15) is 6.92 Å². The van der Waals surface area contributed by atoms with Crippen molar-refractivity contribution in [2.24, 2.45) is 4.99 Å². The second kappa shape index (κ2) is 9.46. The molecule has 1 fully saturated rings. The molecule has 1 heterocycles. The maximum atomic E-state index is 5.41. The topological polar surface area (TPSA) is 36.9 Å². The summed E-state index contributed by atoms with van der Waals surface area (Å²) in [5.41, 5.74) is 2.34. The van der Waals surface area contributed by atoms with Crippen molar-refractivity contribution in [1.82, 2.24) is 0 Å². The van der Waals surface area contributed by atoms with Crippen molar-refractivity contribution in [1.29, 1.82) is 0 Å². The van der Waals surface area contributed by atoms with Crippen molar-refractivity contribution in [2.75, 3.05) is 49.3 Å². The Kier molecular flexibility index (Phi) is 8.32. The summed E-state index contributed by atoms with van der Waals surface area (Å²) in [5, 5.41) is 4.39. The number of halogens is 1. The fourth-order valence-corrected chi connectivity index (χ4v) is 2.54. The molecule has 2 rings (SSSR count). The van der Waals surface area contributed by atoms with E-state index in [1.807, 2.05) is 13.2 Å². The average Bonchev–Trinajstić information content (AvgIpc) is 2.48. The van der Waals surface area contributed by atoms with E-state index >= 15 is 0 Å². The third-order valence-corrected chi connectivity index (χ3v) is 3.61. The van der Waals surface area contributed by atoms with Crippen molar-refractivity contribution < 1.29 is 4.74 Å². The molecule has 0 radical (unpaired) electrons. The zero-order chi connectivity index (χ0) is 13.5. The molecule has 1 aliphatic heterocycles. The number of amidine groups is 1. The van der Waals surface area contributed by atoms with E-state index in [9.17, 15) is 0 Å². The molecule has 0 bridgehead atoms. The van der Waals surface area contributed by atoms with Gasteiger partial charge in [-0.15, -0.1) is 24.0 Å². The first-order valence-electron chi connectivity index (χ1n) is 6.62. The van der Waals surface area contributed by atoms with Gasteiger partial charge < -0.3 is 15.0 Å². The second-order valence-corrected chi connectivity index (χ2v) is 5.02. The Balaban J connectivity index is 0.00000200. The van der Waals surface area contributed by atoms with Crippen LogP contribution in [-0.4, -0.2) is 44.3 Å². The van der Waals surface area contributed by atoms with Crippen LogP contribution >= 0.6 is 35.7 Å². The Hall–Kier alpha value is -0.470. The van der Waals surface area contributed by atoms with Gasteiger partial charge in [-0.25, -0.2) is 0 Å². The summed E-state index contributed by atoms with van der Waals surface area (Å²) in [5.74, 6) is 0. The van der Waals surface area contributed by atoms with Crippen LogP contribution in [0.3, 0.4) is 0 Å². The first kappa shape index (κ1) is 17.6. The highest BCUT2D eigenvalue weighted by molar-refractivity contribution is 14.0. The number of morpholine rings is 1. The van der Waals surface area contributed by atoms with Crippen molar-refractivity contribution in [3.05, 3.63) is 24.3 Å². The largest absolute Gasteiger partial charge is 0.378 e. The van der Waals surface area contributed by atoms with E-state index in [0.29, 0.717) is 0 Å². The maximum Gasteiger partial charge on any atom is 0.160 e. The molecule has 1 aromatic carbocycles. The number of nitrogens with zero attached hydrogens (tertiary/aromatic N) is 2. The molecular formula is C14H22IN3OS. The number of hydrogen-bond donors (Lipinski definition) is 1. The highest BCUT2D eigenvalue weighted by atomic mass is 127. The van der Waals surface area contributed by atoms with Crippen LogP contribution in [0.4, 0.5) is 11.4 Å². The molecule has 0 saturated carbocycles. The minimum Gasteiger partial charge on any atom is -0.378 e. The number of ether oxygens (including phenoxy) is 1. The standard InChI is InChI=1S/C14H21N3OS.HI/c1-3-15-14(19-2)16-12-6-4-5-7-13(12)17-8-10-18-11-9-17;/h4-7H,3,8-11H2,1-2H3,(H,15,16);1H. The molecule has 0 atom stereocenters. The van der Waals surface area contributed by atoms with Gasteiger partial charge >= 0.3 is 0 Å². The summed E-state index contributed by atoms with van der Waals surface area (Å²) < 4.78 is 5.41. The summed E-state index contributed by atoms with van der Waals surface area (Å²) in [6.45, 7) is 6.32. The van der Waals surface area contributed by atoms with Gasteiger partial charge in [0.1, 0.15) is 0 Å². The molecule has 6 heteroatoms. The smallest absolute Gasteiger partial charge is 0.160 e. The van der Waals surface area contributed by atoms with Gasteiger partial charge in [0.25, 0.3) is 0 Å². The van der Waals surface area contributed by atoms with Crippen molar-refractivity contribution in [3.8, 4) is 0 Å². The summed E-state index contributed by atoms with van der Waals surface area (Å²) in [6.07, 6.45) is 2.04. The lowest BCUT2D eigenvalue weighted by Gasteiger charge is -2.30. The molecule has 20 heavy (non-hydrogen) atoms. The lowest BCUT2D eigenvalue weighted by molar-refractivity contribution is 0.123. The minimum absolute atomic E-state index is 0. The third kappa shape index (κ3) is 4.82. The molecule has 1 aromatic rings. The lowest BCUT2D eigenvalue weighted by atomic mass is 10.2. The van der Waals surface area contributed by atoms with Crippen LogP contribution < -0.4 is 10.2 Å². The summed E-state index contributed by atoms with van der Waals surface area (Å²) in [6, 6.07) is 8.38. The Bertz CT molecular complexity index is 436. The van der Waals surface area contributed by atoms with Gasteiger partial charge in [-0.1, -0.05) is 23.9 Å². The number of aliphatic imine (C=N–C) groups is 1. The number of para-hydroxylation sites is 2. The quantitative estimate of drug-likeness (QED) is 0.474. The van der Waals surface area contributed by atoms with Crippen LogP contribution in [0.15, 0.2) is 29.3 Å². The zero-order valence-electron chi connectivity index (χ0n) is 12.0. The Morgan fingerprint density at radius 2 is 2.05 bits per heavy atom. The molecule has 1 aliphatic rings. The molecule has 1 N–H and O–H groups in total. The molecular weight excluding hydrogens is 385 g/mol. The summed E-state index contributed by atoms with van der Waals surface area (Å²) >= 11 is 1.64. The summed E-state index contributed by atoms with van der Waals surface area (Å²) in [4.78, 5) is 6.81. The van der Waals surface area contributed by atoms with E-state index in [1.54, 1.807) is 11.8 Å². The van der Waals surface area contributed by atoms with Gasteiger partial charge in [0.15, 0.2) is 5.17 Å². The first-order valence-corrected chi connectivity index (χ1v) is 7.84. The normalized spacial score (nSPS) is 15.7. The van der Waals surface area contributed by atoms with Crippen molar-refractivity contribution in [2.45, 2.75) is 6.92 Å². The van der Waals surface area contributed by atoms with Gasteiger partial charge in [-0.2, -0.15) is 0 Å². The average molecular weight is 407 g/mol. The minimum atomic E-state index is 0. The number of rotatable bonds is 3. The van der Waals surface area contributed by atoms with Gasteiger partial charge in [0, 0.05) is 19.6 Å². The number of anilines is 2. The first-order chi connectivity index (χ1) is 9.35. The molecule has 4 nitrogen and oxygen atoms in total. The van der Waals surface area contributed by atoms with Crippen LogP contribution in [0.25, 0.3) is 0 Å². The van der Waals surface area contributed by atoms with Crippen LogP contribution in [0.2, 0.25) is 0 Å². The molecule has 1 saturated heterocycles. The number of nitrogens with one attached hydrogen (secondary N) is 1. The van der Waals surface area contributed by atoms with Gasteiger partial charge in [-0.3, -0.25) is 4.99 Å². The van der Waals surface area contributed by atoms with Gasteiger partial charge in [-0.05, 0) is 25.3 Å². The monoisotopic (exact) mass is 407 g/mol. The fourth-order valence-electron chi connectivity index (χ4n) is 2.07. The maximum absolute atomic E-state index is 5.41. The van der Waals surface area contributed by atoms with Crippen molar-refractivity contribution >= 4 is 52.3 Å². The predicted molar refractivity (Wildman–Crippen MR) is 100 cm³/mol. The van der Waals surface area contributed by atoms with Gasteiger partial charge in [0.2, 0.25) is 0 Å². The number of hydrogen-bond acceptors (Lipinski definition) is 4. The highest BCUT2D eigenvalue weighted by Gasteiger charge is 2.14. The Labute approximate surface area is 142 Å². The van der Waals surface area contributed by atoms with Crippen LogP contribution in [0, 0.1) is 0 Å². The van der Waals surface area contributed by atoms with E-state index in [0.717, 1.165) is 43.7 Å². The molecule has 0 unspecified atom stereocenters. The molecule has 0 amide bonds. The Morgan fingerprint density at radius 3 is 2.70 bits per heavy atom. The van der Waals surface area contributed by atoms with E-state index in [2.05, 4.69) is 39.5 Å². The van der Waals surface area contributed by atoms with E-state index in [1.165, 1.54) is 5.69 Å². The Morgan fingerprint density at radius 1 is 1.35 bits per heavy atom. The van der Waals surface area contributed by atoms with Gasteiger partial charge in [0.05, 0.1) is 24.6 Å². The number of benzene rings is 1. The summed E-state index contributed by atoms with van der Waals surface area (Å²) in [7, 11) is 0. The third-order valence-electron chi connectivity index (χ3n) is 2.99. The predicted octanol–water partition coefficient (Wildman–Crippen LogP) is 3.29. The molecule has 0 spiro atoms. The van der Waals surface area contributed by atoms with Crippen LogP contribution in [0.5, 0.6) is 0 Å². The second-order valence-electron chi connectivity index (χ2n) is 4.23.